The molecule has 15 heavy (non-hydrogen) atoms. The highest BCUT2D eigenvalue weighted by molar-refractivity contribution is 5.37. The van der Waals surface area contributed by atoms with Crippen molar-refractivity contribution in [3.63, 3.8) is 0 Å². The van der Waals surface area contributed by atoms with Gasteiger partial charge in [0.1, 0.15) is 0 Å². The minimum atomic E-state index is 0.464. The number of likely N-dealkylation sites (N-methyl/N-ethyl adjacent to an activating group) is 1. The van der Waals surface area contributed by atoms with E-state index in [4.69, 9.17) is 0 Å². The lowest BCUT2D eigenvalue weighted by molar-refractivity contribution is 0.394. The summed E-state index contributed by atoms with van der Waals surface area (Å²) in [7, 11) is 2.05. The summed E-state index contributed by atoms with van der Waals surface area (Å²) in [5.74, 6) is 0. The fourth-order valence-electron chi connectivity index (χ4n) is 2.43. The molecule has 0 spiro atoms. The predicted octanol–water partition coefficient (Wildman–Crippen LogP) is 1.87. The monoisotopic (exact) mass is 204 g/mol. The molecular weight excluding hydrogens is 184 g/mol. The summed E-state index contributed by atoms with van der Waals surface area (Å²) in [5.41, 5.74) is 2.94. The van der Waals surface area contributed by atoms with Gasteiger partial charge < -0.3 is 10.6 Å². The van der Waals surface area contributed by atoms with Gasteiger partial charge >= 0.3 is 0 Å². The number of hydrogen-bond acceptors (Lipinski definition) is 2. The lowest BCUT2D eigenvalue weighted by atomic mass is 10.1. The van der Waals surface area contributed by atoms with Gasteiger partial charge in [0.2, 0.25) is 0 Å². The van der Waals surface area contributed by atoms with Crippen molar-refractivity contribution in [2.24, 2.45) is 0 Å². The Morgan fingerprint density at radius 1 is 1.27 bits per heavy atom. The zero-order valence-electron chi connectivity index (χ0n) is 9.75. The Hall–Kier alpha value is -0.860. The molecule has 0 radical (unpaired) electrons. The summed E-state index contributed by atoms with van der Waals surface area (Å²) in [6, 6.07) is 10.3. The fourth-order valence-corrected chi connectivity index (χ4v) is 2.43. The topological polar surface area (TPSA) is 24.1 Å². The summed E-state index contributed by atoms with van der Waals surface area (Å²) in [6.07, 6.45) is 1.14. The van der Waals surface area contributed by atoms with Crippen LogP contribution in [0.15, 0.2) is 24.3 Å². The molecule has 0 bridgehead atoms. The molecule has 0 aliphatic heterocycles. The van der Waals surface area contributed by atoms with E-state index in [1.165, 1.54) is 11.1 Å². The average Bonchev–Trinajstić information content (AvgIpc) is 2.56. The molecule has 1 aromatic carbocycles. The van der Waals surface area contributed by atoms with Crippen LogP contribution in [0.2, 0.25) is 0 Å². The highest BCUT2D eigenvalue weighted by Crippen LogP contribution is 2.31. The highest BCUT2D eigenvalue weighted by Gasteiger charge is 2.30. The summed E-state index contributed by atoms with van der Waals surface area (Å²) in [5, 5.41) is 7.04. The van der Waals surface area contributed by atoms with Crippen molar-refractivity contribution in [2.45, 2.75) is 38.4 Å². The van der Waals surface area contributed by atoms with Crippen LogP contribution in [-0.2, 0) is 6.42 Å². The van der Waals surface area contributed by atoms with E-state index < -0.39 is 0 Å². The second-order valence-corrected chi connectivity index (χ2v) is 4.60. The van der Waals surface area contributed by atoms with Gasteiger partial charge in [-0.1, -0.05) is 38.1 Å². The van der Waals surface area contributed by atoms with Crippen molar-refractivity contribution >= 4 is 0 Å². The molecule has 2 rings (SSSR count). The van der Waals surface area contributed by atoms with Crippen LogP contribution >= 0.6 is 0 Å². The third-order valence-corrected chi connectivity index (χ3v) is 3.12. The van der Waals surface area contributed by atoms with Gasteiger partial charge in [0.25, 0.3) is 0 Å². The van der Waals surface area contributed by atoms with E-state index in [-0.39, 0.29) is 0 Å². The Bertz CT molecular complexity index is 333. The number of nitrogens with one attached hydrogen (secondary N) is 2. The molecule has 82 valence electrons. The zero-order valence-corrected chi connectivity index (χ0v) is 9.75. The lowest BCUT2D eigenvalue weighted by Crippen LogP contribution is -2.40. The summed E-state index contributed by atoms with van der Waals surface area (Å²) in [6.45, 7) is 4.40. The molecule has 0 saturated carbocycles. The fraction of sp³-hybridized carbons (Fsp3) is 0.538. The molecule has 0 saturated heterocycles. The van der Waals surface area contributed by atoms with Crippen molar-refractivity contribution in [3.8, 4) is 0 Å². The molecule has 0 fully saturated rings. The highest BCUT2D eigenvalue weighted by atomic mass is 15.0. The van der Waals surface area contributed by atoms with E-state index >= 15 is 0 Å². The van der Waals surface area contributed by atoms with Crippen LogP contribution in [0.5, 0.6) is 0 Å². The Morgan fingerprint density at radius 3 is 2.67 bits per heavy atom. The number of rotatable bonds is 3. The van der Waals surface area contributed by atoms with Gasteiger partial charge in [-0.2, -0.15) is 0 Å². The van der Waals surface area contributed by atoms with Gasteiger partial charge in [-0.3, -0.25) is 0 Å². The van der Waals surface area contributed by atoms with Crippen LogP contribution in [0.1, 0.15) is 31.0 Å². The minimum Gasteiger partial charge on any atom is -0.315 e. The molecule has 2 nitrogen and oxygen atoms in total. The van der Waals surface area contributed by atoms with Gasteiger partial charge in [0, 0.05) is 18.1 Å². The van der Waals surface area contributed by atoms with Crippen molar-refractivity contribution < 1.29 is 0 Å². The third kappa shape index (κ3) is 2.06. The predicted molar refractivity (Wildman–Crippen MR) is 64.0 cm³/mol. The average molecular weight is 204 g/mol. The van der Waals surface area contributed by atoms with E-state index in [2.05, 4.69) is 48.7 Å². The molecule has 2 N–H and O–H groups in total. The van der Waals surface area contributed by atoms with Gasteiger partial charge in [0.15, 0.2) is 0 Å². The van der Waals surface area contributed by atoms with E-state index in [1.54, 1.807) is 0 Å². The first-order chi connectivity index (χ1) is 7.22. The van der Waals surface area contributed by atoms with Gasteiger partial charge in [-0.05, 0) is 24.6 Å². The molecule has 0 amide bonds. The van der Waals surface area contributed by atoms with Gasteiger partial charge in [-0.25, -0.2) is 0 Å². The molecular formula is C13H20N2. The molecule has 1 aliphatic carbocycles. The lowest BCUT2D eigenvalue weighted by Gasteiger charge is -2.23. The smallest absolute Gasteiger partial charge is 0.0483 e. The van der Waals surface area contributed by atoms with Crippen molar-refractivity contribution in [3.05, 3.63) is 35.4 Å². The van der Waals surface area contributed by atoms with Crippen LogP contribution in [0.3, 0.4) is 0 Å². The number of fused-ring (bicyclic) bond motifs is 1. The molecule has 1 aromatic rings. The van der Waals surface area contributed by atoms with Crippen LogP contribution < -0.4 is 10.6 Å². The largest absolute Gasteiger partial charge is 0.315 e. The maximum Gasteiger partial charge on any atom is 0.0483 e. The Morgan fingerprint density at radius 2 is 2.00 bits per heavy atom. The van der Waals surface area contributed by atoms with Crippen LogP contribution in [-0.4, -0.2) is 19.1 Å². The number of benzene rings is 1. The molecule has 2 unspecified atom stereocenters. The third-order valence-electron chi connectivity index (χ3n) is 3.12. The van der Waals surface area contributed by atoms with Crippen molar-refractivity contribution in [1.29, 1.82) is 0 Å². The maximum absolute atomic E-state index is 3.64. The van der Waals surface area contributed by atoms with Gasteiger partial charge in [0.05, 0.1) is 0 Å². The SMILES string of the molecule is CNC1Cc2ccccc2C1NC(C)C. The first-order valence-corrected chi connectivity index (χ1v) is 5.73. The summed E-state index contributed by atoms with van der Waals surface area (Å²) < 4.78 is 0. The second kappa shape index (κ2) is 4.33. The maximum atomic E-state index is 3.64. The normalized spacial score (nSPS) is 24.5. The van der Waals surface area contributed by atoms with Crippen molar-refractivity contribution in [2.75, 3.05) is 7.05 Å². The second-order valence-electron chi connectivity index (χ2n) is 4.60. The van der Waals surface area contributed by atoms with E-state index in [1.807, 2.05) is 7.05 Å². The van der Waals surface area contributed by atoms with E-state index in [0.29, 0.717) is 18.1 Å². The van der Waals surface area contributed by atoms with Crippen LogP contribution in [0.4, 0.5) is 0 Å². The van der Waals surface area contributed by atoms with Crippen LogP contribution in [0.25, 0.3) is 0 Å². The molecule has 2 atom stereocenters. The molecule has 0 heterocycles. The Kier molecular flexibility index (Phi) is 3.08. The first-order valence-electron chi connectivity index (χ1n) is 5.73. The van der Waals surface area contributed by atoms with E-state index in [0.717, 1.165) is 6.42 Å². The van der Waals surface area contributed by atoms with Crippen LogP contribution in [0, 0.1) is 0 Å². The van der Waals surface area contributed by atoms with Crippen molar-refractivity contribution in [1.82, 2.24) is 10.6 Å². The molecule has 2 heteroatoms. The molecule has 0 aromatic heterocycles. The standard InChI is InChI=1S/C13H20N2/c1-9(2)15-13-11-7-5-4-6-10(11)8-12(13)14-3/h4-7,9,12-15H,8H2,1-3H3. The Balaban J connectivity index is 2.25. The quantitative estimate of drug-likeness (QED) is 0.785. The molecule has 1 aliphatic rings. The van der Waals surface area contributed by atoms with Gasteiger partial charge in [-0.15, -0.1) is 0 Å². The Labute approximate surface area is 92.1 Å². The first kappa shape index (κ1) is 10.7. The summed E-state index contributed by atoms with van der Waals surface area (Å²) in [4.78, 5) is 0. The van der Waals surface area contributed by atoms with E-state index in [9.17, 15) is 0 Å². The zero-order chi connectivity index (χ0) is 10.8. The number of hydrogen-bond donors (Lipinski definition) is 2. The summed E-state index contributed by atoms with van der Waals surface area (Å²) >= 11 is 0. The minimum absolute atomic E-state index is 0.464.